The van der Waals surface area contributed by atoms with Crippen LogP contribution in [0.25, 0.3) is 0 Å². The fraction of sp³-hybridized carbons (Fsp3) is 0.500. The van der Waals surface area contributed by atoms with E-state index >= 15 is 0 Å². The van der Waals surface area contributed by atoms with Crippen LogP contribution >= 0.6 is 0 Å². The van der Waals surface area contributed by atoms with E-state index in [0.29, 0.717) is 0 Å². The predicted molar refractivity (Wildman–Crippen MR) is 78.8 cm³/mol. The molecule has 20 heavy (non-hydrogen) atoms. The van der Waals surface area contributed by atoms with Gasteiger partial charge in [0.25, 0.3) is 0 Å². The second-order valence-corrected chi connectivity index (χ2v) is 5.23. The maximum Gasteiger partial charge on any atom is 0.165 e. The highest BCUT2D eigenvalue weighted by Gasteiger charge is 2.17. The Morgan fingerprint density at radius 2 is 2.05 bits per heavy atom. The molecule has 1 atom stereocenters. The summed E-state index contributed by atoms with van der Waals surface area (Å²) < 4.78 is 18.6. The summed E-state index contributed by atoms with van der Waals surface area (Å²) >= 11 is 0. The highest BCUT2D eigenvalue weighted by Crippen LogP contribution is 2.30. The molecule has 1 aromatic rings. The van der Waals surface area contributed by atoms with Crippen LogP contribution in [0.2, 0.25) is 0 Å². The largest absolute Gasteiger partial charge is 0.494 e. The van der Waals surface area contributed by atoms with Crippen LogP contribution in [0.4, 0.5) is 4.39 Å². The maximum atomic E-state index is 13.5. The fourth-order valence-electron chi connectivity index (χ4n) is 2.75. The first-order valence-electron chi connectivity index (χ1n) is 7.24. The van der Waals surface area contributed by atoms with E-state index in [1.165, 1.54) is 44.4 Å². The number of hydrazine groups is 1. The fourth-order valence-corrected chi connectivity index (χ4v) is 2.75. The number of methoxy groups -OCH3 is 1. The molecule has 1 unspecified atom stereocenters. The maximum absolute atomic E-state index is 13.5. The number of nitrogens with two attached hydrogens (primary N) is 1. The Kier molecular flexibility index (Phi) is 5.56. The van der Waals surface area contributed by atoms with Crippen LogP contribution in [-0.2, 0) is 0 Å². The van der Waals surface area contributed by atoms with Crippen molar-refractivity contribution < 1.29 is 9.13 Å². The van der Waals surface area contributed by atoms with E-state index in [1.807, 2.05) is 0 Å². The summed E-state index contributed by atoms with van der Waals surface area (Å²) in [7, 11) is 1.47. The smallest absolute Gasteiger partial charge is 0.165 e. The van der Waals surface area contributed by atoms with Gasteiger partial charge in [-0.2, -0.15) is 0 Å². The number of allylic oxidation sites excluding steroid dienone is 1. The van der Waals surface area contributed by atoms with Gasteiger partial charge in [0.2, 0.25) is 0 Å². The van der Waals surface area contributed by atoms with Gasteiger partial charge in [-0.1, -0.05) is 30.6 Å². The van der Waals surface area contributed by atoms with Gasteiger partial charge in [0.1, 0.15) is 0 Å². The molecule has 0 fully saturated rings. The van der Waals surface area contributed by atoms with Crippen molar-refractivity contribution in [3.05, 3.63) is 41.2 Å². The van der Waals surface area contributed by atoms with Gasteiger partial charge in [-0.15, -0.1) is 0 Å². The summed E-state index contributed by atoms with van der Waals surface area (Å²) in [6, 6.07) is 4.85. The lowest BCUT2D eigenvalue weighted by atomic mass is 9.91. The van der Waals surface area contributed by atoms with E-state index in [4.69, 9.17) is 10.6 Å². The van der Waals surface area contributed by atoms with Gasteiger partial charge in [-0.05, 0) is 43.4 Å². The lowest BCUT2D eigenvalue weighted by Gasteiger charge is -2.22. The minimum atomic E-state index is -0.348. The summed E-state index contributed by atoms with van der Waals surface area (Å²) in [5, 5.41) is 0. The Morgan fingerprint density at radius 3 is 2.80 bits per heavy atom. The van der Waals surface area contributed by atoms with E-state index in [0.717, 1.165) is 18.4 Å². The zero-order valence-corrected chi connectivity index (χ0v) is 12.0. The summed E-state index contributed by atoms with van der Waals surface area (Å²) in [6.07, 6.45) is 9.38. The number of hydrogen-bond donors (Lipinski definition) is 2. The average molecular weight is 278 g/mol. The molecule has 3 nitrogen and oxygen atoms in total. The second kappa shape index (κ2) is 7.41. The number of ether oxygens (including phenoxy) is 1. The monoisotopic (exact) mass is 278 g/mol. The van der Waals surface area contributed by atoms with Crippen molar-refractivity contribution in [2.45, 2.75) is 44.6 Å². The van der Waals surface area contributed by atoms with Crippen LogP contribution in [-0.4, -0.2) is 7.11 Å². The van der Waals surface area contributed by atoms with Gasteiger partial charge in [0, 0.05) is 0 Å². The SMILES string of the molecule is COc1cc(C(NN)/C2=C/CCCCCC2)ccc1F. The van der Waals surface area contributed by atoms with Crippen LogP contribution in [0, 0.1) is 5.82 Å². The van der Waals surface area contributed by atoms with Crippen molar-refractivity contribution in [1.82, 2.24) is 5.43 Å². The van der Waals surface area contributed by atoms with E-state index in [2.05, 4.69) is 11.5 Å². The lowest BCUT2D eigenvalue weighted by Crippen LogP contribution is -2.29. The zero-order chi connectivity index (χ0) is 14.4. The Hall–Kier alpha value is -1.39. The molecule has 0 radical (unpaired) electrons. The molecule has 0 aliphatic heterocycles. The van der Waals surface area contributed by atoms with E-state index < -0.39 is 0 Å². The molecule has 1 aliphatic rings. The summed E-state index contributed by atoms with van der Waals surface area (Å²) in [5.41, 5.74) is 5.10. The summed E-state index contributed by atoms with van der Waals surface area (Å²) in [5.74, 6) is 5.64. The standard InChI is InChI=1S/C16H23FN2O/c1-20-15-11-13(9-10-14(15)17)16(19-18)12-7-5-3-2-4-6-8-12/h7,9-11,16,19H,2-6,8,18H2,1H3/b12-7+. The Labute approximate surface area is 120 Å². The first kappa shape index (κ1) is 15.0. The molecule has 1 aromatic carbocycles. The van der Waals surface area contributed by atoms with E-state index in [-0.39, 0.29) is 17.6 Å². The molecule has 0 saturated carbocycles. The van der Waals surface area contributed by atoms with Gasteiger partial charge in [0.15, 0.2) is 11.6 Å². The number of nitrogens with one attached hydrogen (secondary N) is 1. The highest BCUT2D eigenvalue weighted by atomic mass is 19.1. The van der Waals surface area contributed by atoms with E-state index in [9.17, 15) is 4.39 Å². The number of benzene rings is 1. The summed E-state index contributed by atoms with van der Waals surface area (Å²) in [6.45, 7) is 0. The van der Waals surface area contributed by atoms with Gasteiger partial charge < -0.3 is 4.74 Å². The molecular weight excluding hydrogens is 255 g/mol. The average Bonchev–Trinajstić information content (AvgIpc) is 2.43. The third-order valence-electron chi connectivity index (χ3n) is 3.87. The van der Waals surface area contributed by atoms with Crippen molar-refractivity contribution >= 4 is 0 Å². The molecule has 1 aliphatic carbocycles. The van der Waals surface area contributed by atoms with Crippen LogP contribution in [0.3, 0.4) is 0 Å². The molecule has 2 rings (SSSR count). The molecule has 3 N–H and O–H groups in total. The van der Waals surface area contributed by atoms with Crippen LogP contribution in [0.1, 0.15) is 50.1 Å². The normalized spacial score (nSPS) is 20.4. The molecule has 0 aromatic heterocycles. The first-order chi connectivity index (χ1) is 9.76. The molecular formula is C16H23FN2O. The van der Waals surface area contributed by atoms with Crippen molar-refractivity contribution in [3.63, 3.8) is 0 Å². The molecule has 0 spiro atoms. The van der Waals surface area contributed by atoms with Crippen molar-refractivity contribution in [2.24, 2.45) is 5.84 Å². The topological polar surface area (TPSA) is 47.3 Å². The molecule has 0 saturated heterocycles. The van der Waals surface area contributed by atoms with Gasteiger partial charge >= 0.3 is 0 Å². The third kappa shape index (κ3) is 3.58. The predicted octanol–water partition coefficient (Wildman–Crippen LogP) is 3.62. The summed E-state index contributed by atoms with van der Waals surface area (Å²) in [4.78, 5) is 0. The minimum Gasteiger partial charge on any atom is -0.494 e. The van der Waals surface area contributed by atoms with Gasteiger partial charge in [0.05, 0.1) is 13.2 Å². The zero-order valence-electron chi connectivity index (χ0n) is 12.0. The number of halogens is 1. The Morgan fingerprint density at radius 1 is 1.25 bits per heavy atom. The van der Waals surface area contributed by atoms with Crippen molar-refractivity contribution in [1.29, 1.82) is 0 Å². The molecule has 4 heteroatoms. The minimum absolute atomic E-state index is 0.0670. The van der Waals surface area contributed by atoms with Crippen LogP contribution in [0.15, 0.2) is 29.8 Å². The van der Waals surface area contributed by atoms with Crippen molar-refractivity contribution in [3.8, 4) is 5.75 Å². The van der Waals surface area contributed by atoms with Crippen molar-refractivity contribution in [2.75, 3.05) is 7.11 Å². The highest BCUT2D eigenvalue weighted by molar-refractivity contribution is 5.36. The first-order valence-corrected chi connectivity index (χ1v) is 7.24. The molecule has 0 amide bonds. The Balaban J connectivity index is 2.26. The van der Waals surface area contributed by atoms with Crippen LogP contribution in [0.5, 0.6) is 5.75 Å². The van der Waals surface area contributed by atoms with Crippen LogP contribution < -0.4 is 16.0 Å². The van der Waals surface area contributed by atoms with Gasteiger partial charge in [-0.25, -0.2) is 9.82 Å². The second-order valence-electron chi connectivity index (χ2n) is 5.23. The molecule has 110 valence electrons. The lowest BCUT2D eigenvalue weighted by molar-refractivity contribution is 0.385. The van der Waals surface area contributed by atoms with E-state index in [1.54, 1.807) is 12.1 Å². The number of hydrogen-bond acceptors (Lipinski definition) is 3. The van der Waals surface area contributed by atoms with Gasteiger partial charge in [-0.3, -0.25) is 5.84 Å². The molecule has 0 heterocycles. The number of rotatable bonds is 4. The molecule has 0 bridgehead atoms. The quantitative estimate of drug-likeness (QED) is 0.502. The third-order valence-corrected chi connectivity index (χ3v) is 3.87. The Bertz CT molecular complexity index is 474.